The van der Waals surface area contributed by atoms with Crippen molar-refractivity contribution in [2.75, 3.05) is 5.75 Å². The maximum absolute atomic E-state index is 13.4. The highest BCUT2D eigenvalue weighted by Crippen LogP contribution is 2.22. The maximum Gasteiger partial charge on any atom is 0.160 e. The summed E-state index contributed by atoms with van der Waals surface area (Å²) in [4.78, 5) is 12.0. The largest absolute Gasteiger partial charge is 0.298 e. The van der Waals surface area contributed by atoms with Gasteiger partial charge in [-0.2, -0.15) is 0 Å². The number of hydrogen-bond acceptors (Lipinski definition) is 3. The molecule has 104 valence electrons. The van der Waals surface area contributed by atoms with Crippen molar-refractivity contribution in [3.63, 3.8) is 0 Å². The van der Waals surface area contributed by atoms with Crippen molar-refractivity contribution >= 4 is 15.6 Å². The van der Waals surface area contributed by atoms with Gasteiger partial charge in [-0.3, -0.25) is 4.79 Å². The predicted molar refractivity (Wildman–Crippen MR) is 66.5 cm³/mol. The van der Waals surface area contributed by atoms with Crippen LogP contribution in [0.5, 0.6) is 0 Å². The first-order valence-electron chi connectivity index (χ1n) is 6.08. The van der Waals surface area contributed by atoms with E-state index in [1.807, 2.05) is 0 Å². The molecular weight excluding hydrogens is 274 g/mol. The number of halogens is 2. The van der Waals surface area contributed by atoms with Gasteiger partial charge in [-0.25, -0.2) is 17.2 Å². The summed E-state index contributed by atoms with van der Waals surface area (Å²) in [6, 6.07) is 2.93. The lowest BCUT2D eigenvalue weighted by Gasteiger charge is -2.21. The molecule has 0 bridgehead atoms. The Bertz CT molecular complexity index is 596. The second kappa shape index (κ2) is 5.36. The average Bonchev–Trinajstić information content (AvgIpc) is 2.32. The minimum absolute atomic E-state index is 0.00923. The lowest BCUT2D eigenvalue weighted by atomic mass is 10.0. The normalized spacial score (nSPS) is 22.1. The number of hydrogen-bond donors (Lipinski definition) is 0. The van der Waals surface area contributed by atoms with Gasteiger partial charge in [0, 0.05) is 12.5 Å². The number of rotatable bonds is 3. The van der Waals surface area contributed by atoms with Crippen molar-refractivity contribution in [1.82, 2.24) is 0 Å². The second-order valence-corrected chi connectivity index (χ2v) is 7.03. The SMILES string of the molecule is O=C(Cc1ccc(F)cc1F)C1CCCCS1(=O)=O. The molecule has 1 aliphatic heterocycles. The summed E-state index contributed by atoms with van der Waals surface area (Å²) in [6.07, 6.45) is 1.23. The molecule has 1 aromatic rings. The first-order valence-corrected chi connectivity index (χ1v) is 7.80. The number of carbonyl (C=O) groups excluding carboxylic acids is 1. The van der Waals surface area contributed by atoms with E-state index < -0.39 is 32.5 Å². The van der Waals surface area contributed by atoms with E-state index in [-0.39, 0.29) is 17.7 Å². The molecule has 6 heteroatoms. The zero-order valence-corrected chi connectivity index (χ0v) is 11.1. The molecule has 0 N–H and O–H groups in total. The monoisotopic (exact) mass is 288 g/mol. The number of benzene rings is 1. The van der Waals surface area contributed by atoms with Gasteiger partial charge in [0.05, 0.1) is 5.75 Å². The maximum atomic E-state index is 13.4. The van der Waals surface area contributed by atoms with Crippen LogP contribution >= 0.6 is 0 Å². The molecule has 3 nitrogen and oxygen atoms in total. The molecule has 2 rings (SSSR count). The minimum atomic E-state index is -3.41. The van der Waals surface area contributed by atoms with Gasteiger partial charge in [0.25, 0.3) is 0 Å². The quantitative estimate of drug-likeness (QED) is 0.855. The second-order valence-electron chi connectivity index (χ2n) is 4.73. The fraction of sp³-hybridized carbons (Fsp3) is 0.462. The van der Waals surface area contributed by atoms with E-state index in [1.54, 1.807) is 0 Å². The number of carbonyl (C=O) groups is 1. The molecule has 1 aromatic carbocycles. The Hall–Kier alpha value is -1.30. The summed E-state index contributed by atoms with van der Waals surface area (Å²) in [6.45, 7) is 0. The van der Waals surface area contributed by atoms with E-state index in [0.717, 1.165) is 6.07 Å². The van der Waals surface area contributed by atoms with Gasteiger partial charge in [0.1, 0.15) is 16.9 Å². The smallest absolute Gasteiger partial charge is 0.160 e. The number of sulfone groups is 1. The Kier molecular flexibility index (Phi) is 3.99. The first-order chi connectivity index (χ1) is 8.90. The topological polar surface area (TPSA) is 51.2 Å². The van der Waals surface area contributed by atoms with Crippen LogP contribution in [0.3, 0.4) is 0 Å². The standard InChI is InChI=1S/C13H14F2O3S/c14-10-5-4-9(11(15)8-10)7-12(16)13-3-1-2-6-19(13,17)18/h4-5,8,13H,1-3,6-7H2. The van der Waals surface area contributed by atoms with Gasteiger partial charge in [-0.05, 0) is 24.5 Å². The highest BCUT2D eigenvalue weighted by molar-refractivity contribution is 7.92. The van der Waals surface area contributed by atoms with Crippen LogP contribution in [-0.4, -0.2) is 25.2 Å². The van der Waals surface area contributed by atoms with Gasteiger partial charge < -0.3 is 0 Å². The molecule has 0 aromatic heterocycles. The summed E-state index contributed by atoms with van der Waals surface area (Å²) in [7, 11) is -3.41. The zero-order chi connectivity index (χ0) is 14.0. The van der Waals surface area contributed by atoms with Crippen molar-refractivity contribution in [3.05, 3.63) is 35.4 Å². The van der Waals surface area contributed by atoms with Gasteiger partial charge in [0.2, 0.25) is 0 Å². The van der Waals surface area contributed by atoms with E-state index in [1.165, 1.54) is 6.07 Å². The zero-order valence-electron chi connectivity index (χ0n) is 10.2. The van der Waals surface area contributed by atoms with Crippen LogP contribution in [0, 0.1) is 11.6 Å². The molecule has 1 heterocycles. The molecule has 1 atom stereocenters. The molecule has 1 fully saturated rings. The molecule has 19 heavy (non-hydrogen) atoms. The minimum Gasteiger partial charge on any atom is -0.298 e. The molecular formula is C13H14F2O3S. The van der Waals surface area contributed by atoms with Crippen LogP contribution < -0.4 is 0 Å². The van der Waals surface area contributed by atoms with E-state index in [0.29, 0.717) is 25.3 Å². The van der Waals surface area contributed by atoms with Crippen molar-refractivity contribution in [2.24, 2.45) is 0 Å². The van der Waals surface area contributed by atoms with Crippen LogP contribution in [0.2, 0.25) is 0 Å². The fourth-order valence-electron chi connectivity index (χ4n) is 2.28. The lowest BCUT2D eigenvalue weighted by molar-refractivity contribution is -0.118. The molecule has 1 saturated heterocycles. The summed E-state index contributed by atoms with van der Waals surface area (Å²) < 4.78 is 49.7. The van der Waals surface area contributed by atoms with E-state index in [2.05, 4.69) is 0 Å². The Morgan fingerprint density at radius 2 is 2.00 bits per heavy atom. The third-order valence-electron chi connectivity index (χ3n) is 3.32. The van der Waals surface area contributed by atoms with E-state index in [9.17, 15) is 22.0 Å². The molecule has 0 saturated carbocycles. The highest BCUT2D eigenvalue weighted by Gasteiger charge is 2.34. The predicted octanol–water partition coefficient (Wildman–Crippen LogP) is 2.04. The number of Topliss-reactive ketones (excluding diaryl/α,β-unsaturated/α-hetero) is 1. The van der Waals surface area contributed by atoms with Gasteiger partial charge in [-0.15, -0.1) is 0 Å². The van der Waals surface area contributed by atoms with Crippen LogP contribution in [0.15, 0.2) is 18.2 Å². The van der Waals surface area contributed by atoms with Crippen LogP contribution in [0.1, 0.15) is 24.8 Å². The molecule has 1 unspecified atom stereocenters. The van der Waals surface area contributed by atoms with Crippen molar-refractivity contribution in [1.29, 1.82) is 0 Å². The van der Waals surface area contributed by atoms with Crippen molar-refractivity contribution in [3.8, 4) is 0 Å². The first kappa shape index (κ1) is 14.1. The molecule has 0 spiro atoms. The van der Waals surface area contributed by atoms with Crippen molar-refractivity contribution in [2.45, 2.75) is 30.9 Å². The Labute approximate surface area is 110 Å². The Balaban J connectivity index is 2.17. The summed E-state index contributed by atoms with van der Waals surface area (Å²) >= 11 is 0. The Morgan fingerprint density at radius 1 is 1.26 bits per heavy atom. The molecule has 1 aliphatic rings. The lowest BCUT2D eigenvalue weighted by Crippen LogP contribution is -2.36. The molecule has 0 amide bonds. The number of ketones is 1. The van der Waals surface area contributed by atoms with Gasteiger partial charge in [-0.1, -0.05) is 12.5 Å². The fourth-order valence-corrected chi connectivity index (χ4v) is 4.18. The summed E-state index contributed by atoms with van der Waals surface area (Å²) in [5, 5.41) is -1.04. The summed E-state index contributed by atoms with van der Waals surface area (Å²) in [5.41, 5.74) is 0.0344. The average molecular weight is 288 g/mol. The van der Waals surface area contributed by atoms with Crippen molar-refractivity contribution < 1.29 is 22.0 Å². The summed E-state index contributed by atoms with van der Waals surface area (Å²) in [5.74, 6) is -2.04. The van der Waals surface area contributed by atoms with E-state index in [4.69, 9.17) is 0 Å². The Morgan fingerprint density at radius 3 is 2.63 bits per heavy atom. The molecule has 0 aliphatic carbocycles. The van der Waals surface area contributed by atoms with Crippen LogP contribution in [0.4, 0.5) is 8.78 Å². The van der Waals surface area contributed by atoms with Gasteiger partial charge >= 0.3 is 0 Å². The molecule has 0 radical (unpaired) electrons. The van der Waals surface area contributed by atoms with Crippen LogP contribution in [-0.2, 0) is 21.1 Å². The third kappa shape index (κ3) is 3.18. The highest BCUT2D eigenvalue weighted by atomic mass is 32.2. The van der Waals surface area contributed by atoms with Crippen LogP contribution in [0.25, 0.3) is 0 Å². The van der Waals surface area contributed by atoms with Gasteiger partial charge in [0.15, 0.2) is 15.6 Å². The van der Waals surface area contributed by atoms with E-state index >= 15 is 0 Å². The third-order valence-corrected chi connectivity index (χ3v) is 5.54.